The van der Waals surface area contributed by atoms with Crippen molar-refractivity contribution in [2.75, 3.05) is 0 Å². The van der Waals surface area contributed by atoms with Crippen molar-refractivity contribution in [3.63, 3.8) is 0 Å². The van der Waals surface area contributed by atoms with E-state index in [4.69, 9.17) is 4.74 Å². The number of aliphatic hydroxyl groups is 1. The number of hydrogen-bond donors (Lipinski definition) is 1. The molecule has 2 fully saturated rings. The lowest BCUT2D eigenvalue weighted by molar-refractivity contribution is -0.167. The molecule has 4 nitrogen and oxygen atoms in total. The molecule has 0 unspecified atom stereocenters. The number of hydrogen-bond acceptors (Lipinski definition) is 4. The summed E-state index contributed by atoms with van der Waals surface area (Å²) in [5, 5.41) is 10.6. The number of carbonyl (C=O) groups is 2. The Balaban J connectivity index is 2.07. The summed E-state index contributed by atoms with van der Waals surface area (Å²) in [6.07, 6.45) is 4.21. The fraction of sp³-hybridized carbons (Fsp3) is 0.733. The highest BCUT2D eigenvalue weighted by molar-refractivity contribution is 5.96. The van der Waals surface area contributed by atoms with Crippen LogP contribution < -0.4 is 0 Å². The average molecular weight is 264 g/mol. The van der Waals surface area contributed by atoms with Gasteiger partial charge in [-0.05, 0) is 31.9 Å². The van der Waals surface area contributed by atoms with Crippen molar-refractivity contribution in [2.24, 2.45) is 23.2 Å². The van der Waals surface area contributed by atoms with Crippen molar-refractivity contribution in [1.29, 1.82) is 0 Å². The summed E-state index contributed by atoms with van der Waals surface area (Å²) in [7, 11) is 0. The van der Waals surface area contributed by atoms with Crippen LogP contribution in [0.3, 0.4) is 0 Å². The number of rotatable bonds is 0. The predicted molar refractivity (Wildman–Crippen MR) is 68.1 cm³/mol. The zero-order chi connectivity index (χ0) is 14.0. The summed E-state index contributed by atoms with van der Waals surface area (Å²) < 4.78 is 5.51. The van der Waals surface area contributed by atoms with Crippen LogP contribution in [0.15, 0.2) is 12.2 Å². The number of ether oxygens (including phenoxy) is 1. The number of esters is 1. The van der Waals surface area contributed by atoms with Crippen LogP contribution in [0.4, 0.5) is 0 Å². The van der Waals surface area contributed by atoms with Gasteiger partial charge in [0.15, 0.2) is 5.78 Å². The Hall–Kier alpha value is -1.16. The summed E-state index contributed by atoms with van der Waals surface area (Å²) in [6.45, 7) is 5.48. The third-order valence-electron chi connectivity index (χ3n) is 5.46. The Labute approximate surface area is 112 Å². The number of allylic oxidation sites excluding steroid dienone is 1. The Morgan fingerprint density at radius 1 is 1.37 bits per heavy atom. The molecule has 1 saturated heterocycles. The minimum absolute atomic E-state index is 0.0399. The SMILES string of the molecule is C[C@@H]1C(=O)O[C@@H]2[C@@H]1CC[C@]1(C)C(=O)C=C[C@@](C)(O)[C@@H]21. The molecule has 0 aromatic carbocycles. The van der Waals surface area contributed by atoms with Gasteiger partial charge in [-0.2, -0.15) is 0 Å². The maximum atomic E-state index is 12.3. The van der Waals surface area contributed by atoms with Gasteiger partial charge < -0.3 is 9.84 Å². The zero-order valence-corrected chi connectivity index (χ0v) is 11.6. The van der Waals surface area contributed by atoms with Gasteiger partial charge in [0.25, 0.3) is 0 Å². The third kappa shape index (κ3) is 1.55. The molecule has 1 saturated carbocycles. The summed E-state index contributed by atoms with van der Waals surface area (Å²) in [5.41, 5.74) is -1.72. The van der Waals surface area contributed by atoms with E-state index < -0.39 is 11.0 Å². The molecule has 6 atom stereocenters. The predicted octanol–water partition coefficient (Wildman–Crippen LogP) is 1.47. The molecule has 19 heavy (non-hydrogen) atoms. The van der Waals surface area contributed by atoms with Crippen molar-refractivity contribution in [2.45, 2.75) is 45.3 Å². The van der Waals surface area contributed by atoms with E-state index in [0.717, 1.165) is 6.42 Å². The Bertz CT molecular complexity index is 479. The highest BCUT2D eigenvalue weighted by atomic mass is 16.6. The van der Waals surface area contributed by atoms with Gasteiger partial charge in [0.1, 0.15) is 6.10 Å². The van der Waals surface area contributed by atoms with Gasteiger partial charge in [0.05, 0.1) is 11.5 Å². The first-order valence-corrected chi connectivity index (χ1v) is 6.94. The summed E-state index contributed by atoms with van der Waals surface area (Å²) >= 11 is 0. The van der Waals surface area contributed by atoms with Gasteiger partial charge in [0.2, 0.25) is 0 Å². The van der Waals surface area contributed by atoms with Crippen LogP contribution in [0.5, 0.6) is 0 Å². The minimum atomic E-state index is -1.10. The second kappa shape index (κ2) is 3.69. The van der Waals surface area contributed by atoms with Crippen LogP contribution in [0.1, 0.15) is 33.6 Å². The zero-order valence-electron chi connectivity index (χ0n) is 11.6. The van der Waals surface area contributed by atoms with Crippen molar-refractivity contribution in [1.82, 2.24) is 0 Å². The second-order valence-corrected chi connectivity index (χ2v) is 6.71. The molecule has 2 aliphatic carbocycles. The molecular formula is C15H20O4. The normalized spacial score (nSPS) is 52.6. The molecule has 0 radical (unpaired) electrons. The topological polar surface area (TPSA) is 63.6 Å². The standard InChI is InChI=1S/C15H20O4/c1-8-9-4-6-14(2)10(16)5-7-15(3,18)12(14)11(9)19-13(8)17/h5,7-9,11-12,18H,4,6H2,1-3H3/t8-,9+,11+,12-,14+,15+/m0/s1. The van der Waals surface area contributed by atoms with Gasteiger partial charge in [-0.1, -0.05) is 13.8 Å². The first-order valence-electron chi connectivity index (χ1n) is 6.94. The fourth-order valence-corrected chi connectivity index (χ4v) is 4.29. The van der Waals surface area contributed by atoms with Gasteiger partial charge in [-0.3, -0.25) is 9.59 Å². The van der Waals surface area contributed by atoms with Crippen LogP contribution in [0.2, 0.25) is 0 Å². The van der Waals surface area contributed by atoms with Gasteiger partial charge >= 0.3 is 5.97 Å². The first kappa shape index (κ1) is 12.9. The van der Waals surface area contributed by atoms with Crippen LogP contribution in [-0.4, -0.2) is 28.6 Å². The highest BCUT2D eigenvalue weighted by Gasteiger charge is 2.62. The van der Waals surface area contributed by atoms with Crippen LogP contribution in [0, 0.1) is 23.2 Å². The van der Waals surface area contributed by atoms with E-state index >= 15 is 0 Å². The number of fused-ring (bicyclic) bond motifs is 3. The molecule has 1 N–H and O–H groups in total. The molecule has 0 spiro atoms. The monoisotopic (exact) mass is 264 g/mol. The molecule has 3 rings (SSSR count). The van der Waals surface area contributed by atoms with E-state index in [9.17, 15) is 14.7 Å². The van der Waals surface area contributed by atoms with E-state index in [-0.39, 0.29) is 35.6 Å². The molecule has 1 aliphatic heterocycles. The molecule has 1 heterocycles. The van der Waals surface area contributed by atoms with Crippen LogP contribution in [-0.2, 0) is 14.3 Å². The van der Waals surface area contributed by atoms with Gasteiger partial charge in [-0.15, -0.1) is 0 Å². The lowest BCUT2D eigenvalue weighted by atomic mass is 9.53. The summed E-state index contributed by atoms with van der Waals surface area (Å²) in [6, 6.07) is 0. The summed E-state index contributed by atoms with van der Waals surface area (Å²) in [5.74, 6) is -0.511. The van der Waals surface area contributed by atoms with E-state index in [1.54, 1.807) is 13.0 Å². The molecule has 4 heteroatoms. The van der Waals surface area contributed by atoms with Gasteiger partial charge in [0, 0.05) is 17.3 Å². The lowest BCUT2D eigenvalue weighted by Gasteiger charge is -2.52. The number of carbonyl (C=O) groups excluding carboxylic acids is 2. The average Bonchev–Trinajstić information content (AvgIpc) is 2.60. The molecule has 3 aliphatic rings. The fourth-order valence-electron chi connectivity index (χ4n) is 4.29. The largest absolute Gasteiger partial charge is 0.461 e. The first-order chi connectivity index (χ1) is 8.77. The highest BCUT2D eigenvalue weighted by Crippen LogP contribution is 2.56. The lowest BCUT2D eigenvalue weighted by Crippen LogP contribution is -2.59. The van der Waals surface area contributed by atoms with Crippen molar-refractivity contribution < 1.29 is 19.4 Å². The van der Waals surface area contributed by atoms with Crippen molar-refractivity contribution in [3.05, 3.63) is 12.2 Å². The van der Waals surface area contributed by atoms with E-state index in [1.807, 2.05) is 13.8 Å². The molecule has 0 aromatic heterocycles. The molecule has 104 valence electrons. The van der Waals surface area contributed by atoms with Crippen LogP contribution >= 0.6 is 0 Å². The maximum Gasteiger partial charge on any atom is 0.309 e. The summed E-state index contributed by atoms with van der Waals surface area (Å²) in [4.78, 5) is 24.1. The smallest absolute Gasteiger partial charge is 0.309 e. The quantitative estimate of drug-likeness (QED) is 0.673. The van der Waals surface area contributed by atoms with Gasteiger partial charge in [-0.25, -0.2) is 0 Å². The Morgan fingerprint density at radius 2 is 2.05 bits per heavy atom. The molecule has 0 aromatic rings. The molecule has 0 amide bonds. The minimum Gasteiger partial charge on any atom is -0.461 e. The second-order valence-electron chi connectivity index (χ2n) is 6.71. The van der Waals surface area contributed by atoms with Crippen molar-refractivity contribution in [3.8, 4) is 0 Å². The third-order valence-corrected chi connectivity index (χ3v) is 5.46. The molecule has 0 bridgehead atoms. The van der Waals surface area contributed by atoms with E-state index in [2.05, 4.69) is 0 Å². The maximum absolute atomic E-state index is 12.3. The molecular weight excluding hydrogens is 244 g/mol. The van der Waals surface area contributed by atoms with E-state index in [0.29, 0.717) is 6.42 Å². The van der Waals surface area contributed by atoms with E-state index in [1.165, 1.54) is 6.08 Å². The van der Waals surface area contributed by atoms with Crippen molar-refractivity contribution >= 4 is 11.8 Å². The Kier molecular flexibility index (Phi) is 2.50. The number of ketones is 1. The Morgan fingerprint density at radius 3 is 2.74 bits per heavy atom. The van der Waals surface area contributed by atoms with Crippen LogP contribution in [0.25, 0.3) is 0 Å².